The smallest absolute Gasteiger partial charge is 0.234 e. The molecule has 0 saturated carbocycles. The van der Waals surface area contributed by atoms with E-state index in [2.05, 4.69) is 72.8 Å². The van der Waals surface area contributed by atoms with Crippen molar-refractivity contribution in [2.24, 2.45) is 0 Å². The molecule has 0 bridgehead atoms. The van der Waals surface area contributed by atoms with Gasteiger partial charge in [-0.2, -0.15) is 0 Å². The van der Waals surface area contributed by atoms with Gasteiger partial charge in [-0.25, -0.2) is 4.98 Å². The maximum absolute atomic E-state index is 12.4. The van der Waals surface area contributed by atoms with Crippen molar-refractivity contribution in [3.8, 4) is 10.7 Å². The molecular formula is C25H26N6OS2. The summed E-state index contributed by atoms with van der Waals surface area (Å²) in [7, 11) is 0. The summed E-state index contributed by atoms with van der Waals surface area (Å²) in [4.78, 5) is 22.7. The summed E-state index contributed by atoms with van der Waals surface area (Å²) < 4.78 is 0. The van der Waals surface area contributed by atoms with Gasteiger partial charge in [0, 0.05) is 44.1 Å². The number of benzene rings is 2. The van der Waals surface area contributed by atoms with Crippen LogP contribution in [0.5, 0.6) is 0 Å². The number of amides is 1. The van der Waals surface area contributed by atoms with Crippen LogP contribution in [0.4, 0.5) is 11.4 Å². The lowest BCUT2D eigenvalue weighted by Crippen LogP contribution is -2.45. The lowest BCUT2D eigenvalue weighted by Gasteiger charge is -2.36. The number of carbonyl (C=O) groups is 1. The summed E-state index contributed by atoms with van der Waals surface area (Å²) >= 11 is 2.92. The monoisotopic (exact) mass is 490 g/mol. The van der Waals surface area contributed by atoms with Gasteiger partial charge in [0.05, 0.1) is 10.6 Å². The molecule has 7 nitrogen and oxygen atoms in total. The van der Waals surface area contributed by atoms with E-state index in [-0.39, 0.29) is 11.7 Å². The predicted molar refractivity (Wildman–Crippen MR) is 139 cm³/mol. The number of carbonyl (C=O) groups excluding carboxylic acids is 1. The van der Waals surface area contributed by atoms with E-state index in [1.807, 2.05) is 29.6 Å². The Morgan fingerprint density at radius 2 is 1.79 bits per heavy atom. The number of H-pyrrole nitrogens is 1. The highest BCUT2D eigenvalue weighted by Gasteiger charge is 2.17. The molecule has 1 amide bonds. The fraction of sp³-hybridized carbons (Fsp3) is 0.240. The normalized spacial score (nSPS) is 14.3. The Labute approximate surface area is 207 Å². The van der Waals surface area contributed by atoms with E-state index in [1.165, 1.54) is 23.0 Å². The number of nitrogens with zero attached hydrogens (tertiary/aromatic N) is 4. The highest BCUT2D eigenvalue weighted by Crippen LogP contribution is 2.24. The number of rotatable bonds is 8. The first-order valence-corrected chi connectivity index (χ1v) is 13.1. The first-order valence-electron chi connectivity index (χ1n) is 11.2. The molecule has 0 aliphatic carbocycles. The van der Waals surface area contributed by atoms with Crippen LogP contribution in [0.2, 0.25) is 0 Å². The van der Waals surface area contributed by atoms with Crippen LogP contribution >= 0.6 is 23.1 Å². The van der Waals surface area contributed by atoms with Crippen molar-refractivity contribution in [3.05, 3.63) is 77.7 Å². The Hall–Kier alpha value is -3.14. The van der Waals surface area contributed by atoms with Gasteiger partial charge in [0.15, 0.2) is 5.82 Å². The molecule has 174 valence electrons. The summed E-state index contributed by atoms with van der Waals surface area (Å²) in [5.74, 6) is 0.913. The molecule has 1 saturated heterocycles. The maximum atomic E-state index is 12.4. The van der Waals surface area contributed by atoms with Gasteiger partial charge in [0.2, 0.25) is 11.1 Å². The van der Waals surface area contributed by atoms with Crippen molar-refractivity contribution in [3.63, 3.8) is 0 Å². The van der Waals surface area contributed by atoms with Crippen LogP contribution in [0.25, 0.3) is 10.7 Å². The highest BCUT2D eigenvalue weighted by atomic mass is 32.2. The molecular weight excluding hydrogens is 464 g/mol. The highest BCUT2D eigenvalue weighted by molar-refractivity contribution is 7.99. The Kier molecular flexibility index (Phi) is 7.23. The summed E-state index contributed by atoms with van der Waals surface area (Å²) in [6.07, 6.45) is 0. The molecule has 2 N–H and O–H groups in total. The number of hydrogen-bond acceptors (Lipinski definition) is 7. The number of thiophene rings is 1. The molecule has 5 rings (SSSR count). The molecule has 0 unspecified atom stereocenters. The second-order valence-electron chi connectivity index (χ2n) is 8.08. The summed E-state index contributed by atoms with van der Waals surface area (Å²) in [6.45, 7) is 5.08. The third-order valence-electron chi connectivity index (χ3n) is 5.69. The van der Waals surface area contributed by atoms with E-state index in [4.69, 9.17) is 0 Å². The zero-order valence-electron chi connectivity index (χ0n) is 18.7. The van der Waals surface area contributed by atoms with Crippen molar-refractivity contribution < 1.29 is 4.79 Å². The number of anilines is 2. The fourth-order valence-corrected chi connectivity index (χ4v) is 5.19. The minimum Gasteiger partial charge on any atom is -0.369 e. The standard InChI is InChI=1S/C25H26N6OS2/c32-23(18-34-25-27-24(28-29-25)22-7-4-16-33-22)26-20-8-10-21(11-9-20)31-14-12-30(13-15-31)17-19-5-2-1-3-6-19/h1-11,16H,12-15,17-18H2,(H,26,32)(H,27,28,29). The van der Waals surface area contributed by atoms with Crippen molar-refractivity contribution in [2.75, 3.05) is 42.1 Å². The molecule has 4 aromatic rings. The number of aromatic amines is 1. The quantitative estimate of drug-likeness (QED) is 0.352. The lowest BCUT2D eigenvalue weighted by molar-refractivity contribution is -0.113. The topological polar surface area (TPSA) is 77.1 Å². The summed E-state index contributed by atoms with van der Waals surface area (Å²) in [5, 5.41) is 12.6. The number of thioether (sulfide) groups is 1. The van der Waals surface area contributed by atoms with E-state index >= 15 is 0 Å². The SMILES string of the molecule is O=C(CSc1n[nH]c(-c2cccs2)n1)Nc1ccc(N2CCN(Cc3ccccc3)CC2)cc1. The maximum Gasteiger partial charge on any atom is 0.234 e. The van der Waals surface area contributed by atoms with E-state index in [9.17, 15) is 4.79 Å². The number of aromatic nitrogens is 3. The Bertz CT molecular complexity index is 1190. The molecule has 1 fully saturated rings. The second-order valence-corrected chi connectivity index (χ2v) is 9.97. The molecule has 34 heavy (non-hydrogen) atoms. The average Bonchev–Trinajstić information content (AvgIpc) is 3.57. The van der Waals surface area contributed by atoms with Gasteiger partial charge in [0.25, 0.3) is 0 Å². The summed E-state index contributed by atoms with van der Waals surface area (Å²) in [6, 6.07) is 22.7. The van der Waals surface area contributed by atoms with Crippen LogP contribution in [-0.4, -0.2) is 57.9 Å². The zero-order valence-corrected chi connectivity index (χ0v) is 20.3. The average molecular weight is 491 g/mol. The van der Waals surface area contributed by atoms with Gasteiger partial charge >= 0.3 is 0 Å². The fourth-order valence-electron chi connectivity index (χ4n) is 3.92. The van der Waals surface area contributed by atoms with Crippen molar-refractivity contribution in [1.82, 2.24) is 20.1 Å². The molecule has 0 spiro atoms. The van der Waals surface area contributed by atoms with Gasteiger partial charge in [-0.3, -0.25) is 14.8 Å². The van der Waals surface area contributed by atoms with Gasteiger partial charge in [-0.05, 0) is 41.3 Å². The zero-order chi connectivity index (χ0) is 23.2. The molecule has 1 aliphatic rings. The van der Waals surface area contributed by atoms with Crippen LogP contribution in [0, 0.1) is 0 Å². The molecule has 9 heteroatoms. The molecule has 2 aromatic carbocycles. The lowest BCUT2D eigenvalue weighted by atomic mass is 10.2. The second kappa shape index (κ2) is 10.9. The van der Waals surface area contributed by atoms with Crippen molar-refractivity contribution in [2.45, 2.75) is 11.7 Å². The van der Waals surface area contributed by atoms with Crippen molar-refractivity contribution >= 4 is 40.4 Å². The van der Waals surface area contributed by atoms with Gasteiger partial charge in [-0.1, -0.05) is 48.2 Å². The third kappa shape index (κ3) is 5.85. The van der Waals surface area contributed by atoms with E-state index in [0.29, 0.717) is 5.16 Å². The molecule has 0 atom stereocenters. The van der Waals surface area contributed by atoms with Gasteiger partial charge in [0.1, 0.15) is 0 Å². The van der Waals surface area contributed by atoms with E-state index < -0.39 is 0 Å². The number of nitrogens with one attached hydrogen (secondary N) is 2. The van der Waals surface area contributed by atoms with Crippen LogP contribution in [0.3, 0.4) is 0 Å². The Balaban J connectivity index is 1.07. The first-order chi connectivity index (χ1) is 16.7. The summed E-state index contributed by atoms with van der Waals surface area (Å²) in [5.41, 5.74) is 3.35. The molecule has 0 radical (unpaired) electrons. The van der Waals surface area contributed by atoms with Crippen LogP contribution in [0.15, 0.2) is 77.3 Å². The molecule has 3 heterocycles. The number of piperazine rings is 1. The molecule has 1 aliphatic heterocycles. The van der Waals surface area contributed by atoms with Crippen LogP contribution < -0.4 is 10.2 Å². The van der Waals surface area contributed by atoms with E-state index in [0.717, 1.165) is 49.1 Å². The van der Waals surface area contributed by atoms with Crippen LogP contribution in [-0.2, 0) is 11.3 Å². The van der Waals surface area contributed by atoms with Gasteiger partial charge in [-0.15, -0.1) is 16.4 Å². The largest absolute Gasteiger partial charge is 0.369 e. The van der Waals surface area contributed by atoms with Gasteiger partial charge < -0.3 is 10.2 Å². The van der Waals surface area contributed by atoms with E-state index in [1.54, 1.807) is 11.3 Å². The van der Waals surface area contributed by atoms with Crippen molar-refractivity contribution in [1.29, 1.82) is 0 Å². The Morgan fingerprint density at radius 1 is 1.00 bits per heavy atom. The first kappa shape index (κ1) is 22.6. The van der Waals surface area contributed by atoms with Crippen LogP contribution in [0.1, 0.15) is 5.56 Å². The Morgan fingerprint density at radius 3 is 2.53 bits per heavy atom. The minimum absolute atomic E-state index is 0.0743. The molecule has 2 aromatic heterocycles. The predicted octanol–water partition coefficient (Wildman–Crippen LogP) is 4.59. The third-order valence-corrected chi connectivity index (χ3v) is 7.41. The number of hydrogen-bond donors (Lipinski definition) is 2. The minimum atomic E-state index is -0.0743.